The van der Waals surface area contributed by atoms with E-state index < -0.39 is 0 Å². The number of anilines is 1. The number of piperazine rings is 1. The molecular formula is C23H31FN6OS. The Hall–Kier alpha value is -2.26. The van der Waals surface area contributed by atoms with Crippen molar-refractivity contribution in [3.8, 4) is 0 Å². The van der Waals surface area contributed by atoms with Gasteiger partial charge < -0.3 is 9.80 Å². The Balaban J connectivity index is 1.20. The summed E-state index contributed by atoms with van der Waals surface area (Å²) >= 11 is 5.83. The van der Waals surface area contributed by atoms with Crippen molar-refractivity contribution in [2.45, 2.75) is 51.2 Å². The summed E-state index contributed by atoms with van der Waals surface area (Å²) in [6.45, 7) is 5.77. The van der Waals surface area contributed by atoms with Crippen molar-refractivity contribution in [3.05, 3.63) is 40.4 Å². The second kappa shape index (κ2) is 9.31. The van der Waals surface area contributed by atoms with Gasteiger partial charge in [0.1, 0.15) is 5.82 Å². The average Bonchev–Trinajstić information content (AvgIpc) is 3.60. The Morgan fingerprint density at radius 2 is 1.69 bits per heavy atom. The highest BCUT2D eigenvalue weighted by Gasteiger charge is 2.31. The molecule has 3 heterocycles. The van der Waals surface area contributed by atoms with Gasteiger partial charge in [0.25, 0.3) is 0 Å². The molecular weight excluding hydrogens is 427 g/mol. The Morgan fingerprint density at radius 1 is 1.00 bits per heavy atom. The smallest absolute Gasteiger partial charge is 0.227 e. The predicted octanol–water partition coefficient (Wildman–Crippen LogP) is 3.22. The van der Waals surface area contributed by atoms with Crippen molar-refractivity contribution in [2.75, 3.05) is 44.2 Å². The molecule has 1 aliphatic carbocycles. The van der Waals surface area contributed by atoms with Crippen LogP contribution in [0.4, 0.5) is 10.3 Å². The monoisotopic (exact) mass is 458 g/mol. The maximum absolute atomic E-state index is 13.1. The first kappa shape index (κ1) is 21.6. The van der Waals surface area contributed by atoms with Crippen LogP contribution in [0.3, 0.4) is 0 Å². The van der Waals surface area contributed by atoms with Crippen molar-refractivity contribution in [2.24, 2.45) is 0 Å². The molecule has 0 N–H and O–H groups in total. The minimum atomic E-state index is -0.277. The van der Waals surface area contributed by atoms with Gasteiger partial charge in [0.15, 0.2) is 0 Å². The molecule has 0 radical (unpaired) electrons. The third kappa shape index (κ3) is 4.73. The van der Waals surface area contributed by atoms with Gasteiger partial charge in [-0.25, -0.2) is 9.07 Å². The number of rotatable bonds is 6. The lowest BCUT2D eigenvalue weighted by Gasteiger charge is -2.34. The maximum Gasteiger partial charge on any atom is 0.227 e. The van der Waals surface area contributed by atoms with Crippen molar-refractivity contribution >= 4 is 24.1 Å². The molecule has 7 nitrogen and oxygen atoms in total. The lowest BCUT2D eigenvalue weighted by Crippen LogP contribution is -2.49. The van der Waals surface area contributed by atoms with Crippen LogP contribution in [0.2, 0.25) is 0 Å². The highest BCUT2D eigenvalue weighted by Crippen LogP contribution is 2.38. The molecule has 3 fully saturated rings. The molecule has 2 saturated heterocycles. The average molecular weight is 459 g/mol. The Morgan fingerprint density at radius 3 is 2.34 bits per heavy atom. The van der Waals surface area contributed by atoms with Crippen LogP contribution < -0.4 is 4.90 Å². The molecule has 9 heteroatoms. The minimum absolute atomic E-state index is 0.0956. The number of hydrogen-bond acceptors (Lipinski definition) is 5. The SMILES string of the molecule is O=C(Cc1ccc(F)cc1)N1CCN(Cn2nc(N3CCCCC3)n(C3CC3)c2=S)CC1. The zero-order valence-corrected chi connectivity index (χ0v) is 19.3. The van der Waals surface area contributed by atoms with Crippen molar-refractivity contribution in [3.63, 3.8) is 0 Å². The van der Waals surface area contributed by atoms with Crippen LogP contribution in [0, 0.1) is 10.6 Å². The maximum atomic E-state index is 13.1. The van der Waals surface area contributed by atoms with Crippen LogP contribution in [-0.4, -0.2) is 69.3 Å². The van der Waals surface area contributed by atoms with Crippen LogP contribution in [0.5, 0.6) is 0 Å². The van der Waals surface area contributed by atoms with E-state index in [9.17, 15) is 9.18 Å². The molecule has 0 atom stereocenters. The summed E-state index contributed by atoms with van der Waals surface area (Å²) in [4.78, 5) is 19.3. The van der Waals surface area contributed by atoms with E-state index in [0.717, 1.165) is 42.5 Å². The van der Waals surface area contributed by atoms with E-state index in [2.05, 4.69) is 14.4 Å². The van der Waals surface area contributed by atoms with E-state index in [4.69, 9.17) is 17.3 Å². The van der Waals surface area contributed by atoms with E-state index in [1.54, 1.807) is 12.1 Å². The molecule has 0 spiro atoms. The zero-order chi connectivity index (χ0) is 22.1. The van der Waals surface area contributed by atoms with Gasteiger partial charge in [-0.15, -0.1) is 5.10 Å². The summed E-state index contributed by atoms with van der Waals surface area (Å²) in [6, 6.07) is 6.68. The quantitative estimate of drug-likeness (QED) is 0.622. The number of halogens is 1. The van der Waals surface area contributed by atoms with E-state index in [0.29, 0.717) is 32.2 Å². The highest BCUT2D eigenvalue weighted by atomic mass is 32.1. The van der Waals surface area contributed by atoms with Gasteiger partial charge in [0, 0.05) is 45.3 Å². The molecule has 1 aromatic carbocycles. The molecule has 1 amide bonds. The highest BCUT2D eigenvalue weighted by molar-refractivity contribution is 7.71. The van der Waals surface area contributed by atoms with Gasteiger partial charge >= 0.3 is 0 Å². The number of piperidine rings is 1. The topological polar surface area (TPSA) is 49.5 Å². The summed E-state index contributed by atoms with van der Waals surface area (Å²) in [5.41, 5.74) is 0.848. The summed E-state index contributed by atoms with van der Waals surface area (Å²) in [5.74, 6) is 0.865. The van der Waals surface area contributed by atoms with Gasteiger partial charge in [0.2, 0.25) is 16.6 Å². The number of amides is 1. The summed E-state index contributed by atoms with van der Waals surface area (Å²) in [6.07, 6.45) is 6.43. The molecule has 0 bridgehead atoms. The van der Waals surface area contributed by atoms with Crippen molar-refractivity contribution in [1.82, 2.24) is 24.1 Å². The van der Waals surface area contributed by atoms with E-state index in [-0.39, 0.29) is 11.7 Å². The fraction of sp³-hybridized carbons (Fsp3) is 0.609. The number of aromatic nitrogens is 3. The lowest BCUT2D eigenvalue weighted by molar-refractivity contribution is -0.132. The van der Waals surface area contributed by atoms with Gasteiger partial charge in [0.05, 0.1) is 13.1 Å². The lowest BCUT2D eigenvalue weighted by atomic mass is 10.1. The fourth-order valence-electron chi connectivity index (χ4n) is 4.68. The zero-order valence-electron chi connectivity index (χ0n) is 18.5. The molecule has 2 aromatic rings. The van der Waals surface area contributed by atoms with Gasteiger partial charge in [-0.2, -0.15) is 0 Å². The van der Waals surface area contributed by atoms with Gasteiger partial charge in [-0.05, 0) is 62.0 Å². The molecule has 32 heavy (non-hydrogen) atoms. The molecule has 1 saturated carbocycles. The summed E-state index contributed by atoms with van der Waals surface area (Å²) in [5, 5.41) is 4.95. The first-order chi connectivity index (χ1) is 15.6. The van der Waals surface area contributed by atoms with Gasteiger partial charge in [-0.3, -0.25) is 14.3 Å². The van der Waals surface area contributed by atoms with Crippen LogP contribution in [0.15, 0.2) is 24.3 Å². The van der Waals surface area contributed by atoms with Gasteiger partial charge in [-0.1, -0.05) is 12.1 Å². The van der Waals surface area contributed by atoms with Crippen molar-refractivity contribution in [1.29, 1.82) is 0 Å². The van der Waals surface area contributed by atoms with E-state index >= 15 is 0 Å². The largest absolute Gasteiger partial charge is 0.341 e. The third-order valence-corrected chi connectivity index (χ3v) is 7.14. The van der Waals surface area contributed by atoms with Crippen LogP contribution >= 0.6 is 12.2 Å². The Bertz CT molecular complexity index is 1000. The standard InChI is InChI=1S/C23H31FN6OS/c24-19-6-4-18(5-7-19)16-21(31)27-14-12-26(13-15-27)17-29-23(32)30(20-8-9-20)22(25-29)28-10-2-1-3-11-28/h4-7,20H,1-3,8-17H2. The Kier molecular flexibility index (Phi) is 6.28. The summed E-state index contributed by atoms with van der Waals surface area (Å²) < 4.78 is 18.2. The summed E-state index contributed by atoms with van der Waals surface area (Å²) in [7, 11) is 0. The van der Waals surface area contributed by atoms with E-state index in [1.807, 2.05) is 9.58 Å². The second-order valence-corrected chi connectivity index (χ2v) is 9.54. The predicted molar refractivity (Wildman–Crippen MR) is 124 cm³/mol. The second-order valence-electron chi connectivity index (χ2n) is 9.17. The minimum Gasteiger partial charge on any atom is -0.341 e. The Labute approximate surface area is 193 Å². The first-order valence-electron chi connectivity index (χ1n) is 11.8. The number of carbonyl (C=O) groups is 1. The molecule has 5 rings (SSSR count). The van der Waals surface area contributed by atoms with Crippen molar-refractivity contribution < 1.29 is 9.18 Å². The third-order valence-electron chi connectivity index (χ3n) is 6.73. The van der Waals surface area contributed by atoms with Crippen LogP contribution in [0.1, 0.15) is 43.7 Å². The number of hydrogen-bond donors (Lipinski definition) is 0. The van der Waals surface area contributed by atoms with Crippen LogP contribution in [0.25, 0.3) is 0 Å². The van der Waals surface area contributed by atoms with Crippen LogP contribution in [-0.2, 0) is 17.9 Å². The number of carbonyl (C=O) groups excluding carboxylic acids is 1. The molecule has 172 valence electrons. The van der Waals surface area contributed by atoms with E-state index in [1.165, 1.54) is 44.2 Å². The normalized spacial score (nSPS) is 20.0. The molecule has 1 aromatic heterocycles. The fourth-order valence-corrected chi connectivity index (χ4v) is 5.01. The molecule has 3 aliphatic rings. The molecule has 0 unspecified atom stereocenters. The number of benzene rings is 1. The molecule has 2 aliphatic heterocycles. The first-order valence-corrected chi connectivity index (χ1v) is 12.2. The number of nitrogens with zero attached hydrogens (tertiary/aromatic N) is 6.